The minimum atomic E-state index is -1.10. The van der Waals surface area contributed by atoms with Crippen LogP contribution in [0.25, 0.3) is 11.0 Å². The van der Waals surface area contributed by atoms with Crippen LogP contribution in [0.3, 0.4) is 0 Å². The zero-order valence-corrected chi connectivity index (χ0v) is 11.7. The molecule has 0 radical (unpaired) electrons. The predicted octanol–water partition coefficient (Wildman–Crippen LogP) is 1.89. The number of aromatic amines is 1. The number of amides is 1. The average molecular weight is 306 g/mol. The van der Waals surface area contributed by atoms with Crippen molar-refractivity contribution in [3.8, 4) is 12.3 Å². The topological polar surface area (TPSA) is 108 Å². The first kappa shape index (κ1) is 14.3. The summed E-state index contributed by atoms with van der Waals surface area (Å²) in [6, 6.07) is 7.92. The number of aromatic carboxylic acids is 1. The van der Waals surface area contributed by atoms with Gasteiger partial charge < -0.3 is 10.1 Å². The van der Waals surface area contributed by atoms with Gasteiger partial charge in [0.25, 0.3) is 5.91 Å². The Bertz CT molecular complexity index is 969. The van der Waals surface area contributed by atoms with Crippen LogP contribution in [0, 0.1) is 12.3 Å². The number of para-hydroxylation sites is 1. The van der Waals surface area contributed by atoms with E-state index in [4.69, 9.17) is 11.5 Å². The maximum atomic E-state index is 12.2. The molecule has 0 atom stereocenters. The second-order valence-corrected chi connectivity index (χ2v) is 4.59. The number of carbonyl (C=O) groups excluding carboxylic acids is 1. The van der Waals surface area contributed by atoms with Crippen molar-refractivity contribution in [2.75, 3.05) is 5.32 Å². The number of hydrogen-bond acceptors (Lipinski definition) is 4. The smallest absolute Gasteiger partial charge is 0.337 e. The minimum Gasteiger partial charge on any atom is -0.478 e. The van der Waals surface area contributed by atoms with Crippen LogP contribution in [0.15, 0.2) is 36.5 Å². The Morgan fingerprint density at radius 1 is 1.26 bits per heavy atom. The van der Waals surface area contributed by atoms with Gasteiger partial charge in [0.2, 0.25) is 5.95 Å². The van der Waals surface area contributed by atoms with Gasteiger partial charge in [-0.15, -0.1) is 6.42 Å². The number of pyridine rings is 1. The highest BCUT2D eigenvalue weighted by molar-refractivity contribution is 6.05. The van der Waals surface area contributed by atoms with Gasteiger partial charge >= 0.3 is 5.97 Å². The summed E-state index contributed by atoms with van der Waals surface area (Å²) < 4.78 is 0. The number of rotatable bonds is 3. The number of nitrogens with zero attached hydrogens (tertiary/aromatic N) is 2. The van der Waals surface area contributed by atoms with E-state index in [1.54, 1.807) is 24.3 Å². The third-order valence-electron chi connectivity index (χ3n) is 3.15. The monoisotopic (exact) mass is 306 g/mol. The Morgan fingerprint density at radius 2 is 2.09 bits per heavy atom. The number of benzene rings is 1. The van der Waals surface area contributed by atoms with Gasteiger partial charge in [-0.1, -0.05) is 12.0 Å². The molecular formula is C16H10N4O3. The molecule has 3 rings (SSSR count). The number of terminal acetylenes is 1. The fourth-order valence-electron chi connectivity index (χ4n) is 2.13. The summed E-state index contributed by atoms with van der Waals surface area (Å²) in [6.45, 7) is 0. The Morgan fingerprint density at radius 3 is 2.83 bits per heavy atom. The van der Waals surface area contributed by atoms with Crippen molar-refractivity contribution in [1.29, 1.82) is 0 Å². The van der Waals surface area contributed by atoms with Crippen molar-refractivity contribution in [2.45, 2.75) is 0 Å². The Hall–Kier alpha value is -3.66. The number of hydrogen-bond donors (Lipinski definition) is 3. The number of carboxylic acids is 1. The standard InChI is InChI=1S/C16H10N4O3/c1-2-9-5-4-8-17-12(9)14(21)20-16-18-11-7-3-6-10(15(22)23)13(11)19-16/h1,3-8H,(H,22,23)(H2,18,19,20,21). The van der Waals surface area contributed by atoms with E-state index in [0.717, 1.165) is 0 Å². The van der Waals surface area contributed by atoms with Crippen LogP contribution >= 0.6 is 0 Å². The minimum absolute atomic E-state index is 0.0430. The number of aromatic nitrogens is 3. The molecule has 2 aromatic heterocycles. The van der Waals surface area contributed by atoms with Gasteiger partial charge in [-0.3, -0.25) is 10.1 Å². The lowest BCUT2D eigenvalue weighted by Gasteiger charge is -2.02. The molecule has 3 N–H and O–H groups in total. The zero-order valence-electron chi connectivity index (χ0n) is 11.7. The first-order chi connectivity index (χ1) is 11.1. The quantitative estimate of drug-likeness (QED) is 0.640. The third kappa shape index (κ3) is 2.61. The number of H-pyrrole nitrogens is 1. The molecular weight excluding hydrogens is 296 g/mol. The summed E-state index contributed by atoms with van der Waals surface area (Å²) in [5.74, 6) is 0.868. The van der Waals surface area contributed by atoms with Crippen molar-refractivity contribution in [3.63, 3.8) is 0 Å². The molecule has 7 heteroatoms. The largest absolute Gasteiger partial charge is 0.478 e. The number of anilines is 1. The van der Waals surface area contributed by atoms with E-state index in [9.17, 15) is 9.59 Å². The average Bonchev–Trinajstić information content (AvgIpc) is 2.96. The van der Waals surface area contributed by atoms with Crippen molar-refractivity contribution in [3.05, 3.63) is 53.3 Å². The lowest BCUT2D eigenvalue weighted by molar-refractivity contribution is 0.0698. The van der Waals surface area contributed by atoms with Crippen molar-refractivity contribution < 1.29 is 14.7 Å². The Labute approximate surface area is 130 Å². The first-order valence-corrected chi connectivity index (χ1v) is 6.55. The van der Waals surface area contributed by atoms with Crippen LogP contribution in [0.5, 0.6) is 0 Å². The van der Waals surface area contributed by atoms with Gasteiger partial charge in [0.15, 0.2) is 0 Å². The number of imidazole rings is 1. The molecule has 0 bridgehead atoms. The second kappa shape index (κ2) is 5.61. The van der Waals surface area contributed by atoms with E-state index in [0.29, 0.717) is 11.1 Å². The number of carbonyl (C=O) groups is 2. The van der Waals surface area contributed by atoms with Gasteiger partial charge in [-0.2, -0.15) is 0 Å². The SMILES string of the molecule is C#Cc1cccnc1C(=O)Nc1nc2c(C(=O)O)cccc2[nH]1. The molecule has 23 heavy (non-hydrogen) atoms. The van der Waals surface area contributed by atoms with Gasteiger partial charge in [0.05, 0.1) is 16.6 Å². The predicted molar refractivity (Wildman–Crippen MR) is 83.2 cm³/mol. The van der Waals surface area contributed by atoms with Crippen LogP contribution in [-0.2, 0) is 0 Å². The first-order valence-electron chi connectivity index (χ1n) is 6.55. The van der Waals surface area contributed by atoms with Gasteiger partial charge in [0, 0.05) is 6.20 Å². The maximum Gasteiger partial charge on any atom is 0.337 e. The maximum absolute atomic E-state index is 12.2. The van der Waals surface area contributed by atoms with Crippen molar-refractivity contribution >= 4 is 28.9 Å². The van der Waals surface area contributed by atoms with Crippen LogP contribution in [-0.4, -0.2) is 31.9 Å². The summed E-state index contributed by atoms with van der Waals surface area (Å²) in [7, 11) is 0. The lowest BCUT2D eigenvalue weighted by atomic mass is 10.2. The van der Waals surface area contributed by atoms with Gasteiger partial charge in [-0.25, -0.2) is 14.8 Å². The zero-order chi connectivity index (χ0) is 16.4. The molecule has 2 heterocycles. The third-order valence-corrected chi connectivity index (χ3v) is 3.15. The normalized spacial score (nSPS) is 10.2. The summed E-state index contributed by atoms with van der Waals surface area (Å²) in [5.41, 5.74) is 1.24. The number of carboxylic acid groups (broad SMARTS) is 1. The van der Waals surface area contributed by atoms with E-state index < -0.39 is 11.9 Å². The molecule has 0 saturated carbocycles. The summed E-state index contributed by atoms with van der Waals surface area (Å²) >= 11 is 0. The van der Waals surface area contributed by atoms with E-state index in [2.05, 4.69) is 26.2 Å². The van der Waals surface area contributed by atoms with E-state index >= 15 is 0 Å². The molecule has 0 aliphatic heterocycles. The molecule has 0 aliphatic carbocycles. The van der Waals surface area contributed by atoms with E-state index in [1.807, 2.05) is 0 Å². The molecule has 3 aromatic rings. The summed E-state index contributed by atoms with van der Waals surface area (Å²) in [4.78, 5) is 34.3. The molecule has 0 fully saturated rings. The van der Waals surface area contributed by atoms with Crippen LogP contribution < -0.4 is 5.32 Å². The number of fused-ring (bicyclic) bond motifs is 1. The summed E-state index contributed by atoms with van der Waals surface area (Å²) in [6.07, 6.45) is 6.79. The Kier molecular flexibility index (Phi) is 3.49. The molecule has 0 aliphatic rings. The van der Waals surface area contributed by atoms with Crippen molar-refractivity contribution in [1.82, 2.24) is 15.0 Å². The molecule has 0 spiro atoms. The molecule has 0 saturated heterocycles. The number of nitrogens with one attached hydrogen (secondary N) is 2. The fraction of sp³-hybridized carbons (Fsp3) is 0. The lowest BCUT2D eigenvalue weighted by Crippen LogP contribution is -2.16. The summed E-state index contributed by atoms with van der Waals surface area (Å²) in [5, 5.41) is 11.7. The van der Waals surface area contributed by atoms with Crippen molar-refractivity contribution in [2.24, 2.45) is 0 Å². The highest BCUT2D eigenvalue weighted by atomic mass is 16.4. The molecule has 1 aromatic carbocycles. The fourth-order valence-corrected chi connectivity index (χ4v) is 2.13. The van der Waals surface area contributed by atoms with E-state index in [1.165, 1.54) is 12.3 Å². The molecule has 112 valence electrons. The molecule has 0 unspecified atom stereocenters. The second-order valence-electron chi connectivity index (χ2n) is 4.59. The van der Waals surface area contributed by atoms with Crippen LogP contribution in [0.1, 0.15) is 26.4 Å². The Balaban J connectivity index is 1.96. The molecule has 7 nitrogen and oxygen atoms in total. The highest BCUT2D eigenvalue weighted by Gasteiger charge is 2.16. The van der Waals surface area contributed by atoms with Gasteiger partial charge in [0.1, 0.15) is 11.2 Å². The molecule has 1 amide bonds. The van der Waals surface area contributed by atoms with Gasteiger partial charge in [-0.05, 0) is 24.3 Å². The van der Waals surface area contributed by atoms with Crippen LogP contribution in [0.2, 0.25) is 0 Å². The van der Waals surface area contributed by atoms with Crippen LogP contribution in [0.4, 0.5) is 5.95 Å². The van der Waals surface area contributed by atoms with E-state index in [-0.39, 0.29) is 22.7 Å². The highest BCUT2D eigenvalue weighted by Crippen LogP contribution is 2.19.